The lowest BCUT2D eigenvalue weighted by Crippen LogP contribution is -2.31. The van der Waals surface area contributed by atoms with E-state index in [2.05, 4.69) is 5.32 Å². The fourth-order valence-electron chi connectivity index (χ4n) is 2.40. The van der Waals surface area contributed by atoms with Gasteiger partial charge in [-0.25, -0.2) is 4.79 Å². The van der Waals surface area contributed by atoms with Gasteiger partial charge in [-0.1, -0.05) is 35.9 Å². The molecule has 2 rings (SSSR count). The van der Waals surface area contributed by atoms with Crippen LogP contribution in [-0.4, -0.2) is 31.7 Å². The SMILES string of the molecule is C/C=C/c1ccc(OCC(=O)O[C@@H](C)C(=O)Nc2ccc(C)cc2)c(OC)c1. The van der Waals surface area contributed by atoms with Gasteiger partial charge in [0.05, 0.1) is 7.11 Å². The number of esters is 1. The van der Waals surface area contributed by atoms with E-state index in [9.17, 15) is 9.59 Å². The minimum Gasteiger partial charge on any atom is -0.493 e. The zero-order valence-electron chi connectivity index (χ0n) is 16.5. The summed E-state index contributed by atoms with van der Waals surface area (Å²) in [5, 5.41) is 2.70. The van der Waals surface area contributed by atoms with E-state index in [1.54, 1.807) is 24.3 Å². The van der Waals surface area contributed by atoms with E-state index in [-0.39, 0.29) is 6.61 Å². The molecule has 0 aliphatic rings. The van der Waals surface area contributed by atoms with Gasteiger partial charge in [-0.3, -0.25) is 4.79 Å². The van der Waals surface area contributed by atoms with Gasteiger partial charge in [-0.05, 0) is 50.6 Å². The summed E-state index contributed by atoms with van der Waals surface area (Å²) in [6.45, 7) is 5.05. The molecule has 1 atom stereocenters. The van der Waals surface area contributed by atoms with Crippen molar-refractivity contribution >= 4 is 23.6 Å². The molecule has 1 amide bonds. The van der Waals surface area contributed by atoms with Gasteiger partial charge in [0.25, 0.3) is 5.91 Å². The van der Waals surface area contributed by atoms with E-state index in [0.29, 0.717) is 17.2 Å². The Hall–Kier alpha value is -3.28. The number of allylic oxidation sites excluding steroid dienone is 1. The van der Waals surface area contributed by atoms with Crippen molar-refractivity contribution in [1.29, 1.82) is 0 Å². The van der Waals surface area contributed by atoms with Crippen molar-refractivity contribution in [2.24, 2.45) is 0 Å². The number of hydrogen-bond acceptors (Lipinski definition) is 5. The molecule has 0 fully saturated rings. The first-order chi connectivity index (χ1) is 13.4. The zero-order chi connectivity index (χ0) is 20.5. The summed E-state index contributed by atoms with van der Waals surface area (Å²) >= 11 is 0. The van der Waals surface area contributed by atoms with Gasteiger partial charge in [0.15, 0.2) is 24.2 Å². The molecule has 0 spiro atoms. The van der Waals surface area contributed by atoms with Crippen molar-refractivity contribution in [3.8, 4) is 11.5 Å². The Morgan fingerprint density at radius 2 is 1.82 bits per heavy atom. The van der Waals surface area contributed by atoms with E-state index < -0.39 is 18.0 Å². The number of rotatable bonds is 8. The monoisotopic (exact) mass is 383 g/mol. The summed E-state index contributed by atoms with van der Waals surface area (Å²) in [6.07, 6.45) is 2.89. The highest BCUT2D eigenvalue weighted by Crippen LogP contribution is 2.28. The number of carbonyl (C=O) groups excluding carboxylic acids is 2. The van der Waals surface area contributed by atoms with Crippen LogP contribution < -0.4 is 14.8 Å². The van der Waals surface area contributed by atoms with Crippen LogP contribution in [0.2, 0.25) is 0 Å². The molecule has 6 nitrogen and oxygen atoms in total. The lowest BCUT2D eigenvalue weighted by molar-refractivity contribution is -0.155. The Balaban J connectivity index is 1.87. The van der Waals surface area contributed by atoms with Crippen LogP contribution in [0.15, 0.2) is 48.5 Å². The summed E-state index contributed by atoms with van der Waals surface area (Å²) in [6, 6.07) is 12.7. The molecule has 0 heterocycles. The van der Waals surface area contributed by atoms with Crippen LogP contribution in [0.5, 0.6) is 11.5 Å². The second kappa shape index (κ2) is 10.2. The number of ether oxygens (including phenoxy) is 3. The number of amides is 1. The second-order valence-electron chi connectivity index (χ2n) is 6.19. The third kappa shape index (κ3) is 6.16. The highest BCUT2D eigenvalue weighted by molar-refractivity contribution is 5.95. The normalized spacial score (nSPS) is 11.7. The molecule has 2 aromatic rings. The molecular weight excluding hydrogens is 358 g/mol. The van der Waals surface area contributed by atoms with Gasteiger partial charge in [0, 0.05) is 5.69 Å². The minimum absolute atomic E-state index is 0.332. The second-order valence-corrected chi connectivity index (χ2v) is 6.19. The standard InChI is InChI=1S/C22H25NO5/c1-5-6-17-9-12-19(20(13-17)26-4)27-14-21(24)28-16(3)22(25)23-18-10-7-15(2)8-11-18/h5-13,16H,14H2,1-4H3,(H,23,25)/b6-5+/t16-/m0/s1. The Kier molecular flexibility index (Phi) is 7.63. The van der Waals surface area contributed by atoms with Gasteiger partial charge >= 0.3 is 5.97 Å². The summed E-state index contributed by atoms with van der Waals surface area (Å²) in [4.78, 5) is 24.2. The highest BCUT2D eigenvalue weighted by Gasteiger charge is 2.19. The number of aryl methyl sites for hydroxylation is 1. The quantitative estimate of drug-likeness (QED) is 0.698. The van der Waals surface area contributed by atoms with Crippen LogP contribution in [0.3, 0.4) is 0 Å². The minimum atomic E-state index is -0.948. The summed E-state index contributed by atoms with van der Waals surface area (Å²) in [5.74, 6) is -0.130. The molecule has 2 aromatic carbocycles. The van der Waals surface area contributed by atoms with Crippen LogP contribution >= 0.6 is 0 Å². The van der Waals surface area contributed by atoms with Crippen molar-refractivity contribution in [3.05, 3.63) is 59.7 Å². The molecule has 0 saturated heterocycles. The van der Waals surface area contributed by atoms with Gasteiger partial charge in [0.1, 0.15) is 0 Å². The average molecular weight is 383 g/mol. The maximum absolute atomic E-state index is 12.2. The maximum atomic E-state index is 12.2. The molecule has 0 saturated carbocycles. The third-order valence-corrected chi connectivity index (χ3v) is 3.89. The Morgan fingerprint density at radius 1 is 1.11 bits per heavy atom. The number of anilines is 1. The van der Waals surface area contributed by atoms with Crippen LogP contribution in [-0.2, 0) is 14.3 Å². The number of benzene rings is 2. The predicted molar refractivity (Wildman–Crippen MR) is 109 cm³/mol. The van der Waals surface area contributed by atoms with Gasteiger partial charge in [0.2, 0.25) is 0 Å². The number of nitrogens with one attached hydrogen (secondary N) is 1. The Morgan fingerprint density at radius 3 is 2.46 bits per heavy atom. The first-order valence-corrected chi connectivity index (χ1v) is 8.93. The lowest BCUT2D eigenvalue weighted by atomic mass is 10.2. The molecule has 0 radical (unpaired) electrons. The maximum Gasteiger partial charge on any atom is 0.344 e. The topological polar surface area (TPSA) is 73.9 Å². The molecule has 1 N–H and O–H groups in total. The van der Waals surface area contributed by atoms with Gasteiger partial charge in [-0.2, -0.15) is 0 Å². The molecule has 0 bridgehead atoms. The number of carbonyl (C=O) groups is 2. The van der Waals surface area contributed by atoms with Crippen molar-refractivity contribution in [3.63, 3.8) is 0 Å². The molecule has 6 heteroatoms. The van der Waals surface area contributed by atoms with Crippen molar-refractivity contribution < 1.29 is 23.8 Å². The Labute approximate surface area is 165 Å². The van der Waals surface area contributed by atoms with E-state index in [1.807, 2.05) is 44.2 Å². The third-order valence-electron chi connectivity index (χ3n) is 3.89. The first-order valence-electron chi connectivity index (χ1n) is 8.93. The summed E-state index contributed by atoms with van der Waals surface area (Å²) in [5.41, 5.74) is 2.68. The number of hydrogen-bond donors (Lipinski definition) is 1. The Bertz CT molecular complexity index is 843. The molecule has 0 aromatic heterocycles. The summed E-state index contributed by atoms with van der Waals surface area (Å²) in [7, 11) is 1.53. The molecule has 0 aliphatic heterocycles. The summed E-state index contributed by atoms with van der Waals surface area (Å²) < 4.78 is 15.9. The highest BCUT2D eigenvalue weighted by atomic mass is 16.6. The van der Waals surface area contributed by atoms with Crippen molar-refractivity contribution in [2.45, 2.75) is 26.9 Å². The fraction of sp³-hybridized carbons (Fsp3) is 0.273. The molecule has 0 unspecified atom stereocenters. The van der Waals surface area contributed by atoms with E-state index >= 15 is 0 Å². The zero-order valence-corrected chi connectivity index (χ0v) is 16.5. The average Bonchev–Trinajstić information content (AvgIpc) is 2.68. The smallest absolute Gasteiger partial charge is 0.344 e. The fourth-order valence-corrected chi connectivity index (χ4v) is 2.40. The van der Waals surface area contributed by atoms with Crippen LogP contribution in [0.1, 0.15) is 25.0 Å². The number of methoxy groups -OCH3 is 1. The van der Waals surface area contributed by atoms with E-state index in [1.165, 1.54) is 14.0 Å². The lowest BCUT2D eigenvalue weighted by Gasteiger charge is -2.15. The molecular formula is C22H25NO5. The largest absolute Gasteiger partial charge is 0.493 e. The van der Waals surface area contributed by atoms with Crippen molar-refractivity contribution in [1.82, 2.24) is 0 Å². The molecule has 0 aliphatic carbocycles. The van der Waals surface area contributed by atoms with Crippen LogP contribution in [0.25, 0.3) is 6.08 Å². The van der Waals surface area contributed by atoms with E-state index in [4.69, 9.17) is 14.2 Å². The van der Waals surface area contributed by atoms with Gasteiger partial charge in [-0.15, -0.1) is 0 Å². The van der Waals surface area contributed by atoms with Crippen molar-refractivity contribution in [2.75, 3.05) is 19.0 Å². The van der Waals surface area contributed by atoms with Gasteiger partial charge < -0.3 is 19.5 Å². The molecule has 28 heavy (non-hydrogen) atoms. The van der Waals surface area contributed by atoms with Crippen LogP contribution in [0, 0.1) is 6.92 Å². The van der Waals surface area contributed by atoms with Crippen LogP contribution in [0.4, 0.5) is 5.69 Å². The first kappa shape index (κ1) is 21.0. The van der Waals surface area contributed by atoms with E-state index in [0.717, 1.165) is 11.1 Å². The molecule has 148 valence electrons. The predicted octanol–water partition coefficient (Wildman–Crippen LogP) is 3.99.